The van der Waals surface area contributed by atoms with Crippen LogP contribution in [0.25, 0.3) is 21.5 Å². The number of benzene rings is 4. The van der Waals surface area contributed by atoms with Crippen molar-refractivity contribution >= 4 is 38.6 Å². The van der Waals surface area contributed by atoms with Crippen molar-refractivity contribution in [2.45, 2.75) is 65.2 Å². The number of nitrogens with zero attached hydrogens (tertiary/aromatic N) is 2. The van der Waals surface area contributed by atoms with Crippen molar-refractivity contribution < 1.29 is 4.58 Å². The fourth-order valence-electron chi connectivity index (χ4n) is 7.49. The van der Waals surface area contributed by atoms with Gasteiger partial charge in [-0.05, 0) is 65.6 Å². The van der Waals surface area contributed by atoms with E-state index in [1.165, 1.54) is 55.5 Å². The van der Waals surface area contributed by atoms with E-state index in [1.54, 1.807) is 0 Å². The zero-order valence-corrected chi connectivity index (χ0v) is 26.7. The highest BCUT2D eigenvalue weighted by molar-refractivity contribution is 6.07. The van der Waals surface area contributed by atoms with E-state index in [2.05, 4.69) is 166 Å². The number of hydrogen-bond donors (Lipinski definition) is 0. The Labute approximate surface area is 258 Å². The van der Waals surface area contributed by atoms with E-state index in [1.807, 2.05) is 0 Å². The van der Waals surface area contributed by atoms with Crippen LogP contribution in [0.15, 0.2) is 121 Å². The normalized spacial score (nSPS) is 18.4. The van der Waals surface area contributed by atoms with Gasteiger partial charge in [0.25, 0.3) is 0 Å². The first-order valence-electron chi connectivity index (χ1n) is 16.0. The monoisotopic (exact) mass is 565 g/mol. The van der Waals surface area contributed by atoms with Gasteiger partial charge in [0.15, 0.2) is 5.71 Å². The van der Waals surface area contributed by atoms with Crippen LogP contribution in [0.3, 0.4) is 0 Å². The molecule has 2 aliphatic rings. The minimum Gasteiger partial charge on any atom is -0.344 e. The van der Waals surface area contributed by atoms with Gasteiger partial charge >= 0.3 is 0 Å². The minimum atomic E-state index is -0.0636. The number of rotatable bonds is 8. The van der Waals surface area contributed by atoms with E-state index in [0.29, 0.717) is 0 Å². The number of fused-ring (bicyclic) bond motifs is 6. The highest BCUT2D eigenvalue weighted by atomic mass is 15.2. The van der Waals surface area contributed by atoms with Crippen LogP contribution in [-0.2, 0) is 10.8 Å². The van der Waals surface area contributed by atoms with Gasteiger partial charge in [0.1, 0.15) is 6.54 Å². The standard InChI is InChI=1S/C41H45N2/c1-7-28-42-34-26-24-30-18-14-16-20-32(30)38(34)40(3,4)36(42)22-12-10-9-11-13-23-37-41(5,6)39-33-21-17-15-19-31(33)25-27-35(39)43(37)29-8-2/h9-27H,7-8,28-29H2,1-6H3/q+1. The average Bonchev–Trinajstić information content (AvgIpc) is 3.35. The van der Waals surface area contributed by atoms with E-state index >= 15 is 0 Å². The third kappa shape index (κ3) is 4.87. The van der Waals surface area contributed by atoms with Crippen LogP contribution in [0.2, 0.25) is 0 Å². The van der Waals surface area contributed by atoms with Crippen molar-refractivity contribution in [3.63, 3.8) is 0 Å². The van der Waals surface area contributed by atoms with Gasteiger partial charge in [-0.15, -0.1) is 0 Å². The minimum absolute atomic E-state index is 0.0636. The van der Waals surface area contributed by atoms with Crippen LogP contribution in [0.4, 0.5) is 11.4 Å². The molecule has 0 amide bonds. The van der Waals surface area contributed by atoms with Gasteiger partial charge in [0.2, 0.25) is 5.69 Å². The quantitative estimate of drug-likeness (QED) is 0.152. The summed E-state index contributed by atoms with van der Waals surface area (Å²) in [6.07, 6.45) is 17.7. The van der Waals surface area contributed by atoms with Crippen LogP contribution < -0.4 is 4.90 Å². The second-order valence-electron chi connectivity index (χ2n) is 13.0. The third-order valence-corrected chi connectivity index (χ3v) is 9.36. The molecule has 0 aromatic heterocycles. The topological polar surface area (TPSA) is 6.25 Å². The highest BCUT2D eigenvalue weighted by Crippen LogP contribution is 2.50. The maximum atomic E-state index is 2.53. The summed E-state index contributed by atoms with van der Waals surface area (Å²) >= 11 is 0. The molecular formula is C41H45N2+. The molecule has 0 saturated carbocycles. The molecule has 6 rings (SSSR count). The van der Waals surface area contributed by atoms with Gasteiger partial charge in [-0.3, -0.25) is 0 Å². The predicted octanol–water partition coefficient (Wildman–Crippen LogP) is 10.5. The molecule has 0 spiro atoms. The van der Waals surface area contributed by atoms with Crippen LogP contribution >= 0.6 is 0 Å². The molecule has 0 aliphatic carbocycles. The molecule has 2 nitrogen and oxygen atoms in total. The summed E-state index contributed by atoms with van der Waals surface area (Å²) in [5, 5.41) is 5.36. The Balaban J connectivity index is 1.26. The first-order valence-corrected chi connectivity index (χ1v) is 16.0. The molecule has 4 aromatic carbocycles. The van der Waals surface area contributed by atoms with E-state index in [9.17, 15) is 0 Å². The Bertz CT molecular complexity index is 1840. The number of hydrogen-bond acceptors (Lipinski definition) is 1. The summed E-state index contributed by atoms with van der Waals surface area (Å²) in [4.78, 5) is 2.53. The summed E-state index contributed by atoms with van der Waals surface area (Å²) in [5.74, 6) is 0. The summed E-state index contributed by atoms with van der Waals surface area (Å²) in [7, 11) is 0. The maximum absolute atomic E-state index is 2.53. The fourth-order valence-corrected chi connectivity index (χ4v) is 7.49. The summed E-state index contributed by atoms with van der Waals surface area (Å²) < 4.78 is 2.53. The smallest absolute Gasteiger partial charge is 0.210 e. The van der Waals surface area contributed by atoms with Crippen molar-refractivity contribution in [1.29, 1.82) is 0 Å². The molecule has 0 bridgehead atoms. The van der Waals surface area contributed by atoms with Crippen molar-refractivity contribution in [2.75, 3.05) is 18.0 Å². The highest BCUT2D eigenvalue weighted by Gasteiger charge is 2.45. The first kappa shape index (κ1) is 28.9. The van der Waals surface area contributed by atoms with Gasteiger partial charge < -0.3 is 4.90 Å². The van der Waals surface area contributed by atoms with Gasteiger partial charge in [0, 0.05) is 47.5 Å². The lowest BCUT2D eigenvalue weighted by molar-refractivity contribution is -0.437. The Kier molecular flexibility index (Phi) is 7.73. The van der Waals surface area contributed by atoms with Crippen LogP contribution in [0, 0.1) is 0 Å². The Morgan fingerprint density at radius 2 is 1.28 bits per heavy atom. The Morgan fingerprint density at radius 1 is 0.651 bits per heavy atom. The Hall–Kier alpha value is -4.17. The maximum Gasteiger partial charge on any atom is 0.210 e. The molecule has 2 heteroatoms. The summed E-state index contributed by atoms with van der Waals surface area (Å²) in [6, 6.07) is 26.8. The molecule has 2 aliphatic heterocycles. The average molecular weight is 566 g/mol. The predicted molar refractivity (Wildman–Crippen MR) is 187 cm³/mol. The largest absolute Gasteiger partial charge is 0.344 e. The van der Waals surface area contributed by atoms with Crippen LogP contribution in [0.5, 0.6) is 0 Å². The molecule has 0 saturated heterocycles. The lowest BCUT2D eigenvalue weighted by Crippen LogP contribution is -2.28. The Morgan fingerprint density at radius 3 is 1.98 bits per heavy atom. The van der Waals surface area contributed by atoms with Crippen molar-refractivity contribution in [3.05, 3.63) is 132 Å². The molecule has 2 heterocycles. The summed E-state index contributed by atoms with van der Waals surface area (Å²) in [5.41, 5.74) is 8.19. The molecule has 0 N–H and O–H groups in total. The first-order chi connectivity index (χ1) is 20.8. The summed E-state index contributed by atoms with van der Waals surface area (Å²) in [6.45, 7) is 16.1. The van der Waals surface area contributed by atoms with E-state index in [0.717, 1.165) is 25.9 Å². The van der Waals surface area contributed by atoms with Crippen LogP contribution in [-0.4, -0.2) is 23.4 Å². The second-order valence-corrected chi connectivity index (χ2v) is 13.0. The lowest BCUT2D eigenvalue weighted by atomic mass is 9.79. The van der Waals surface area contributed by atoms with E-state index in [4.69, 9.17) is 0 Å². The molecule has 0 unspecified atom stereocenters. The molecular weight excluding hydrogens is 520 g/mol. The van der Waals surface area contributed by atoms with Crippen molar-refractivity contribution in [2.24, 2.45) is 0 Å². The number of anilines is 1. The van der Waals surface area contributed by atoms with Crippen molar-refractivity contribution in [3.8, 4) is 0 Å². The van der Waals surface area contributed by atoms with Crippen molar-refractivity contribution in [1.82, 2.24) is 0 Å². The third-order valence-electron chi connectivity index (χ3n) is 9.36. The number of allylic oxidation sites excluding steroid dienone is 8. The van der Waals surface area contributed by atoms with Gasteiger partial charge in [-0.1, -0.05) is 113 Å². The van der Waals surface area contributed by atoms with Gasteiger partial charge in [-0.2, -0.15) is 4.58 Å². The van der Waals surface area contributed by atoms with E-state index in [-0.39, 0.29) is 10.8 Å². The molecule has 4 aromatic rings. The van der Waals surface area contributed by atoms with Gasteiger partial charge in [-0.25, -0.2) is 0 Å². The fraction of sp³-hybridized carbons (Fsp3) is 0.293. The molecule has 0 atom stereocenters. The zero-order valence-electron chi connectivity index (χ0n) is 26.7. The lowest BCUT2D eigenvalue weighted by Gasteiger charge is -2.26. The SMILES string of the molecule is CCCN1/C(=C/C=C/C=C/C=C/C2=[N+](CCC)c3ccc4ccccc4c3C2(C)C)C(C)(C)c2c1ccc1ccccc21. The zero-order chi connectivity index (χ0) is 30.2. The molecule has 0 fully saturated rings. The molecule has 43 heavy (non-hydrogen) atoms. The van der Waals surface area contributed by atoms with Gasteiger partial charge in [0.05, 0.1) is 5.41 Å². The van der Waals surface area contributed by atoms with Crippen LogP contribution in [0.1, 0.15) is 65.5 Å². The van der Waals surface area contributed by atoms with E-state index < -0.39 is 0 Å². The molecule has 218 valence electrons. The molecule has 0 radical (unpaired) electrons. The second kappa shape index (κ2) is 11.5.